The summed E-state index contributed by atoms with van der Waals surface area (Å²) in [5, 5.41) is 0. The summed E-state index contributed by atoms with van der Waals surface area (Å²) in [4.78, 5) is 46.0. The Bertz CT molecular complexity index is 898. The van der Waals surface area contributed by atoms with Crippen LogP contribution in [0.15, 0.2) is 18.3 Å². The third-order valence-corrected chi connectivity index (χ3v) is 6.50. The highest BCUT2D eigenvalue weighted by Crippen LogP contribution is 2.40. The molecule has 1 aromatic rings. The van der Waals surface area contributed by atoms with Crippen LogP contribution < -0.4 is 4.90 Å². The number of anilines is 1. The molecule has 3 fully saturated rings. The monoisotopic (exact) mass is 461 g/mol. The summed E-state index contributed by atoms with van der Waals surface area (Å²) >= 11 is 0. The Morgan fingerprint density at radius 2 is 2.00 bits per heavy atom. The lowest BCUT2D eigenvalue weighted by atomic mass is 9.71. The van der Waals surface area contributed by atoms with E-state index in [1.807, 2.05) is 0 Å². The molecule has 1 unspecified atom stereocenters. The van der Waals surface area contributed by atoms with Gasteiger partial charge in [0.2, 0.25) is 0 Å². The molecule has 0 saturated carbocycles. The fraction of sp³-hybridized carbons (Fsp3) is 0.667. The first-order valence-electron chi connectivity index (χ1n) is 11.3. The summed E-state index contributed by atoms with van der Waals surface area (Å²) in [6.45, 7) is 8.24. The number of piperidine rings is 3. The number of fused-ring (bicyclic) bond motifs is 3. The molecule has 0 spiro atoms. The minimum absolute atomic E-state index is 0.0179. The Kier molecular flexibility index (Phi) is 7.43. The number of pyridine rings is 1. The van der Waals surface area contributed by atoms with Gasteiger partial charge in [0, 0.05) is 44.4 Å². The zero-order chi connectivity index (χ0) is 24.4. The lowest BCUT2D eigenvalue weighted by molar-refractivity contribution is -0.164. The number of hydrogen-bond acceptors (Lipinski definition) is 8. The summed E-state index contributed by atoms with van der Waals surface area (Å²) in [6, 6.07) is 3.67. The Morgan fingerprint density at radius 3 is 2.64 bits per heavy atom. The Morgan fingerprint density at radius 1 is 1.27 bits per heavy atom. The zero-order valence-corrected chi connectivity index (χ0v) is 20.4. The van der Waals surface area contributed by atoms with Crippen LogP contribution in [0, 0.1) is 11.3 Å². The van der Waals surface area contributed by atoms with Crippen molar-refractivity contribution in [2.24, 2.45) is 11.3 Å². The molecule has 3 saturated heterocycles. The lowest BCUT2D eigenvalue weighted by Gasteiger charge is -2.55. The van der Waals surface area contributed by atoms with Crippen LogP contribution in [0.2, 0.25) is 0 Å². The maximum atomic E-state index is 13.2. The van der Waals surface area contributed by atoms with Crippen LogP contribution in [0.25, 0.3) is 0 Å². The highest BCUT2D eigenvalue weighted by atomic mass is 16.6. The van der Waals surface area contributed by atoms with Crippen LogP contribution in [0.5, 0.6) is 0 Å². The topological polar surface area (TPSA) is 98.3 Å². The van der Waals surface area contributed by atoms with Crippen LogP contribution in [0.3, 0.4) is 0 Å². The third kappa shape index (κ3) is 5.04. The van der Waals surface area contributed by atoms with Crippen molar-refractivity contribution in [1.82, 2.24) is 9.88 Å². The van der Waals surface area contributed by atoms with Crippen molar-refractivity contribution in [2.75, 3.05) is 38.8 Å². The van der Waals surface area contributed by atoms with E-state index in [0.717, 1.165) is 19.4 Å². The van der Waals surface area contributed by atoms with Crippen LogP contribution in [0.4, 0.5) is 10.6 Å². The van der Waals surface area contributed by atoms with Gasteiger partial charge in [0.25, 0.3) is 0 Å². The largest absolute Gasteiger partial charge is 0.460 e. The summed E-state index contributed by atoms with van der Waals surface area (Å²) in [6.07, 6.45) is 2.56. The van der Waals surface area contributed by atoms with Crippen molar-refractivity contribution in [3.05, 3.63) is 23.9 Å². The van der Waals surface area contributed by atoms with E-state index in [4.69, 9.17) is 14.2 Å². The molecule has 3 aliphatic rings. The van der Waals surface area contributed by atoms with Crippen molar-refractivity contribution in [3.8, 4) is 0 Å². The molecule has 33 heavy (non-hydrogen) atoms. The molecule has 9 nitrogen and oxygen atoms in total. The van der Waals surface area contributed by atoms with E-state index in [9.17, 15) is 14.4 Å². The SMILES string of the molecule is COC[C@]1(COC(=O)N(C)c2ncccc2COC(=O)C(C)(C)C)C(=O)[C@H]2CCN1[C@H](C)C2. The number of hydrogen-bond donors (Lipinski definition) is 0. The van der Waals surface area contributed by atoms with E-state index < -0.39 is 17.0 Å². The first kappa shape index (κ1) is 25.1. The predicted octanol–water partition coefficient (Wildman–Crippen LogP) is 2.81. The van der Waals surface area contributed by atoms with Gasteiger partial charge >= 0.3 is 12.1 Å². The van der Waals surface area contributed by atoms with Gasteiger partial charge in [-0.3, -0.25) is 19.4 Å². The second kappa shape index (κ2) is 9.77. The molecule has 0 aliphatic carbocycles. The van der Waals surface area contributed by atoms with Gasteiger partial charge in [0.1, 0.15) is 24.6 Å². The molecule has 1 aromatic heterocycles. The molecular formula is C24H35N3O6. The number of esters is 1. The fourth-order valence-electron chi connectivity index (χ4n) is 4.73. The number of amides is 1. The maximum Gasteiger partial charge on any atom is 0.415 e. The molecule has 4 rings (SSSR count). The van der Waals surface area contributed by atoms with Crippen LogP contribution in [-0.4, -0.2) is 73.2 Å². The minimum Gasteiger partial charge on any atom is -0.460 e. The van der Waals surface area contributed by atoms with Gasteiger partial charge in [-0.25, -0.2) is 9.78 Å². The van der Waals surface area contributed by atoms with Gasteiger partial charge in [-0.15, -0.1) is 0 Å². The number of ketones is 1. The van der Waals surface area contributed by atoms with E-state index in [1.54, 1.807) is 53.3 Å². The van der Waals surface area contributed by atoms with Crippen molar-refractivity contribution < 1.29 is 28.6 Å². The summed E-state index contributed by atoms with van der Waals surface area (Å²) < 4.78 is 16.5. The van der Waals surface area contributed by atoms with Crippen molar-refractivity contribution in [2.45, 2.75) is 58.7 Å². The predicted molar refractivity (Wildman–Crippen MR) is 122 cm³/mol. The van der Waals surface area contributed by atoms with E-state index in [2.05, 4.69) is 16.8 Å². The average Bonchev–Trinajstić information content (AvgIpc) is 2.78. The Labute approximate surface area is 195 Å². The van der Waals surface area contributed by atoms with Crippen LogP contribution >= 0.6 is 0 Å². The maximum absolute atomic E-state index is 13.2. The van der Waals surface area contributed by atoms with Gasteiger partial charge < -0.3 is 14.2 Å². The molecule has 4 heterocycles. The first-order valence-corrected chi connectivity index (χ1v) is 11.3. The van der Waals surface area contributed by atoms with E-state index in [-0.39, 0.29) is 43.5 Å². The number of rotatable bonds is 7. The normalized spacial score (nSPS) is 26.7. The van der Waals surface area contributed by atoms with Gasteiger partial charge in [-0.1, -0.05) is 6.07 Å². The third-order valence-electron chi connectivity index (χ3n) is 6.50. The van der Waals surface area contributed by atoms with Gasteiger partial charge in [-0.05, 0) is 46.6 Å². The number of methoxy groups -OCH3 is 1. The number of ether oxygens (including phenoxy) is 3. The van der Waals surface area contributed by atoms with Gasteiger partial charge in [-0.2, -0.15) is 0 Å². The van der Waals surface area contributed by atoms with Crippen molar-refractivity contribution in [3.63, 3.8) is 0 Å². The molecule has 3 aliphatic heterocycles. The summed E-state index contributed by atoms with van der Waals surface area (Å²) in [5.41, 5.74) is -1.03. The number of Topliss-reactive ketones (excluding diaryl/α,β-unsaturated/α-hetero) is 1. The van der Waals surface area contributed by atoms with Crippen LogP contribution in [-0.2, 0) is 30.4 Å². The standard InChI is InChI=1S/C24H35N3O6/c1-16-12-17-9-11-27(16)24(14-31-6,19(17)28)15-33-22(30)26(5)20-18(8-7-10-25-20)13-32-21(29)23(2,3)4/h7-8,10,16-17H,9,11-15H2,1-6H3/t16-,17+,24+/m1/s1. The molecule has 0 radical (unpaired) electrons. The van der Waals surface area contributed by atoms with E-state index in [0.29, 0.717) is 11.4 Å². The minimum atomic E-state index is -0.971. The quantitative estimate of drug-likeness (QED) is 0.572. The Balaban J connectivity index is 1.72. The molecule has 2 bridgehead atoms. The zero-order valence-electron chi connectivity index (χ0n) is 20.4. The van der Waals surface area contributed by atoms with E-state index in [1.165, 1.54) is 4.90 Å². The molecule has 0 aromatic carbocycles. The smallest absolute Gasteiger partial charge is 0.415 e. The molecule has 4 atom stereocenters. The summed E-state index contributed by atoms with van der Waals surface area (Å²) in [7, 11) is 3.09. The fourth-order valence-corrected chi connectivity index (χ4v) is 4.73. The summed E-state index contributed by atoms with van der Waals surface area (Å²) in [5.74, 6) is 0.0292. The van der Waals surface area contributed by atoms with Gasteiger partial charge in [0.15, 0.2) is 5.78 Å². The first-order chi connectivity index (χ1) is 15.5. The second-order valence-corrected chi connectivity index (χ2v) is 10.0. The van der Waals surface area contributed by atoms with E-state index >= 15 is 0 Å². The van der Waals surface area contributed by atoms with Gasteiger partial charge in [0.05, 0.1) is 12.0 Å². The highest BCUT2D eigenvalue weighted by Gasteiger charge is 2.56. The van der Waals surface area contributed by atoms with Crippen molar-refractivity contribution in [1.29, 1.82) is 0 Å². The number of carbonyl (C=O) groups excluding carboxylic acids is 3. The van der Waals surface area contributed by atoms with Crippen LogP contribution in [0.1, 0.15) is 46.1 Å². The lowest BCUT2D eigenvalue weighted by Crippen LogP contribution is -2.71. The molecular weight excluding hydrogens is 426 g/mol. The Hall–Kier alpha value is -2.52. The number of aromatic nitrogens is 1. The number of carbonyl (C=O) groups is 3. The highest BCUT2D eigenvalue weighted by molar-refractivity contribution is 5.93. The number of nitrogens with zero attached hydrogens (tertiary/aromatic N) is 3. The molecule has 9 heteroatoms. The molecule has 182 valence electrons. The van der Waals surface area contributed by atoms with Crippen molar-refractivity contribution >= 4 is 23.7 Å². The second-order valence-electron chi connectivity index (χ2n) is 10.0. The molecule has 0 N–H and O–H groups in total. The average molecular weight is 462 g/mol. The molecule has 1 amide bonds.